The minimum atomic E-state index is -0.337. The van der Waals surface area contributed by atoms with E-state index in [-0.39, 0.29) is 6.67 Å². The van der Waals surface area contributed by atoms with E-state index >= 15 is 0 Å². The molecule has 4 rings (SSSR count). The average Bonchev–Trinajstić information content (AvgIpc) is 3.06. The Bertz CT molecular complexity index is 1060. The number of nitrogens with zero attached hydrogens (tertiary/aromatic N) is 3. The van der Waals surface area contributed by atoms with Gasteiger partial charge in [0, 0.05) is 18.3 Å². The predicted molar refractivity (Wildman–Crippen MR) is 102 cm³/mol. The van der Waals surface area contributed by atoms with Gasteiger partial charge in [0.25, 0.3) is 0 Å². The topological polar surface area (TPSA) is 51.5 Å². The summed E-state index contributed by atoms with van der Waals surface area (Å²) in [5.74, 6) is 1.37. The molecule has 0 radical (unpaired) electrons. The first-order valence-corrected chi connectivity index (χ1v) is 8.52. The number of hydrogen-bond donors (Lipinski definition) is 1. The molecule has 26 heavy (non-hydrogen) atoms. The highest BCUT2D eigenvalue weighted by Gasteiger charge is 2.10. The smallest absolute Gasteiger partial charge is 0.235 e. The summed E-state index contributed by atoms with van der Waals surface area (Å²) in [5.41, 5.74) is 4.56. The Balaban J connectivity index is 1.71. The standard InChI is InChI=1S/C20H19FN4O/c1-26-19-13-14(7-8-17(19)22-11-4-10-21)15-9-12-25-18-6-3-2-5-16(18)24-20(25)23-15/h2-3,5-9,12-13,22H,4,10-11H2,1H3. The lowest BCUT2D eigenvalue weighted by molar-refractivity contribution is 0.416. The number of nitrogens with one attached hydrogen (secondary N) is 1. The van der Waals surface area contributed by atoms with Crippen molar-refractivity contribution in [3.8, 4) is 17.0 Å². The summed E-state index contributed by atoms with van der Waals surface area (Å²) in [5, 5.41) is 3.19. The first-order valence-electron chi connectivity index (χ1n) is 8.52. The lowest BCUT2D eigenvalue weighted by Crippen LogP contribution is -2.04. The van der Waals surface area contributed by atoms with Gasteiger partial charge in [-0.25, -0.2) is 9.97 Å². The van der Waals surface area contributed by atoms with Gasteiger partial charge in [-0.2, -0.15) is 0 Å². The van der Waals surface area contributed by atoms with Gasteiger partial charge in [-0.05, 0) is 36.8 Å². The molecular weight excluding hydrogens is 331 g/mol. The van der Waals surface area contributed by atoms with Crippen LogP contribution in [0.15, 0.2) is 54.7 Å². The molecule has 0 saturated carbocycles. The van der Waals surface area contributed by atoms with Gasteiger partial charge in [0.2, 0.25) is 5.78 Å². The molecule has 0 atom stereocenters. The highest BCUT2D eigenvalue weighted by Crippen LogP contribution is 2.30. The zero-order chi connectivity index (χ0) is 17.9. The molecular formula is C20H19FN4O. The molecule has 6 heteroatoms. The zero-order valence-electron chi connectivity index (χ0n) is 14.4. The Morgan fingerprint density at radius 3 is 2.85 bits per heavy atom. The van der Waals surface area contributed by atoms with Gasteiger partial charge in [-0.1, -0.05) is 18.2 Å². The van der Waals surface area contributed by atoms with E-state index in [0.717, 1.165) is 28.0 Å². The number of anilines is 1. The maximum absolute atomic E-state index is 12.3. The molecule has 2 aromatic carbocycles. The molecule has 0 unspecified atom stereocenters. The SMILES string of the molecule is COc1cc(-c2ccn3c(n2)nc2ccccc23)ccc1NCCCF. The molecule has 1 N–H and O–H groups in total. The van der Waals surface area contributed by atoms with Crippen molar-refractivity contribution >= 4 is 22.5 Å². The van der Waals surface area contributed by atoms with Crippen molar-refractivity contribution in [2.24, 2.45) is 0 Å². The summed E-state index contributed by atoms with van der Waals surface area (Å²) in [7, 11) is 1.62. The number of halogens is 1. The molecule has 0 aliphatic carbocycles. The van der Waals surface area contributed by atoms with Crippen molar-refractivity contribution < 1.29 is 9.13 Å². The Kier molecular flexibility index (Phi) is 4.39. The second kappa shape index (κ2) is 7.00. The van der Waals surface area contributed by atoms with Crippen molar-refractivity contribution in [3.63, 3.8) is 0 Å². The number of benzene rings is 2. The number of methoxy groups -OCH3 is 1. The summed E-state index contributed by atoms with van der Waals surface area (Å²) < 4.78 is 19.7. The molecule has 0 aliphatic heterocycles. The van der Waals surface area contributed by atoms with E-state index in [9.17, 15) is 4.39 Å². The Morgan fingerprint density at radius 2 is 2.00 bits per heavy atom. The number of rotatable bonds is 6. The minimum Gasteiger partial charge on any atom is -0.495 e. The second-order valence-electron chi connectivity index (χ2n) is 5.97. The van der Waals surface area contributed by atoms with Gasteiger partial charge in [-0.15, -0.1) is 0 Å². The summed E-state index contributed by atoms with van der Waals surface area (Å²) in [4.78, 5) is 9.27. The van der Waals surface area contributed by atoms with Crippen molar-refractivity contribution in [3.05, 3.63) is 54.7 Å². The Labute approximate surface area is 150 Å². The van der Waals surface area contributed by atoms with Crippen LogP contribution in [0.4, 0.5) is 10.1 Å². The van der Waals surface area contributed by atoms with Gasteiger partial charge in [-0.3, -0.25) is 8.79 Å². The second-order valence-corrected chi connectivity index (χ2v) is 5.97. The normalized spacial score (nSPS) is 11.2. The van der Waals surface area contributed by atoms with Gasteiger partial charge in [0.05, 0.1) is 36.2 Å². The molecule has 0 aliphatic rings. The number of fused-ring (bicyclic) bond motifs is 3. The van der Waals surface area contributed by atoms with E-state index in [1.807, 2.05) is 59.1 Å². The first kappa shape index (κ1) is 16.3. The third-order valence-electron chi connectivity index (χ3n) is 4.30. The molecule has 0 fully saturated rings. The fraction of sp³-hybridized carbons (Fsp3) is 0.200. The highest BCUT2D eigenvalue weighted by atomic mass is 19.1. The number of aromatic nitrogens is 3. The number of para-hydroxylation sites is 2. The van der Waals surface area contributed by atoms with Crippen molar-refractivity contribution in [2.75, 3.05) is 25.6 Å². The van der Waals surface area contributed by atoms with Crippen LogP contribution in [0.25, 0.3) is 28.1 Å². The fourth-order valence-electron chi connectivity index (χ4n) is 2.99. The molecule has 2 heterocycles. The van der Waals surface area contributed by atoms with E-state index in [0.29, 0.717) is 24.5 Å². The van der Waals surface area contributed by atoms with Crippen molar-refractivity contribution in [1.82, 2.24) is 14.4 Å². The first-order chi connectivity index (χ1) is 12.8. The zero-order valence-corrected chi connectivity index (χ0v) is 14.4. The van der Waals surface area contributed by atoms with Crippen LogP contribution in [0.1, 0.15) is 6.42 Å². The monoisotopic (exact) mass is 350 g/mol. The van der Waals surface area contributed by atoms with Crippen LogP contribution in [-0.2, 0) is 0 Å². The molecule has 0 amide bonds. The van der Waals surface area contributed by atoms with Crippen LogP contribution in [0.3, 0.4) is 0 Å². The van der Waals surface area contributed by atoms with E-state index < -0.39 is 0 Å². The molecule has 2 aromatic heterocycles. The van der Waals surface area contributed by atoms with Crippen molar-refractivity contribution in [1.29, 1.82) is 0 Å². The van der Waals surface area contributed by atoms with Gasteiger partial charge >= 0.3 is 0 Å². The average molecular weight is 350 g/mol. The summed E-state index contributed by atoms with van der Waals surface area (Å²) in [6.45, 7) is 0.229. The molecule has 132 valence electrons. The van der Waals surface area contributed by atoms with Gasteiger partial charge < -0.3 is 10.1 Å². The quantitative estimate of drug-likeness (QED) is 0.526. The van der Waals surface area contributed by atoms with Crippen LogP contribution in [0.5, 0.6) is 5.75 Å². The van der Waals surface area contributed by atoms with Crippen molar-refractivity contribution in [2.45, 2.75) is 6.42 Å². The van der Waals surface area contributed by atoms with E-state index in [4.69, 9.17) is 4.74 Å². The van der Waals surface area contributed by atoms with Gasteiger partial charge in [0.1, 0.15) is 5.75 Å². The number of hydrogen-bond acceptors (Lipinski definition) is 4. The molecule has 0 bridgehead atoms. The highest BCUT2D eigenvalue weighted by molar-refractivity contribution is 5.80. The van der Waals surface area contributed by atoms with Crippen LogP contribution in [-0.4, -0.2) is 34.7 Å². The number of ether oxygens (including phenoxy) is 1. The summed E-state index contributed by atoms with van der Waals surface area (Å²) in [6.07, 6.45) is 2.45. The predicted octanol–water partition coefficient (Wildman–Crippen LogP) is 4.33. The number of imidazole rings is 1. The maximum Gasteiger partial charge on any atom is 0.235 e. The van der Waals surface area contributed by atoms with E-state index in [2.05, 4.69) is 15.3 Å². The summed E-state index contributed by atoms with van der Waals surface area (Å²) >= 11 is 0. The van der Waals surface area contributed by atoms with Crippen LogP contribution < -0.4 is 10.1 Å². The minimum absolute atomic E-state index is 0.337. The number of alkyl halides is 1. The molecule has 4 aromatic rings. The van der Waals surface area contributed by atoms with Crippen LogP contribution >= 0.6 is 0 Å². The maximum atomic E-state index is 12.3. The molecule has 0 spiro atoms. The van der Waals surface area contributed by atoms with Crippen LogP contribution in [0.2, 0.25) is 0 Å². The Morgan fingerprint density at radius 1 is 1.12 bits per heavy atom. The Hall–Kier alpha value is -3.15. The third kappa shape index (κ3) is 2.94. The van der Waals surface area contributed by atoms with E-state index in [1.165, 1.54) is 0 Å². The molecule has 5 nitrogen and oxygen atoms in total. The fourth-order valence-corrected chi connectivity index (χ4v) is 2.99. The van der Waals surface area contributed by atoms with E-state index in [1.54, 1.807) is 7.11 Å². The van der Waals surface area contributed by atoms with Gasteiger partial charge in [0.15, 0.2) is 0 Å². The third-order valence-corrected chi connectivity index (χ3v) is 4.30. The lowest BCUT2D eigenvalue weighted by Gasteiger charge is -2.12. The lowest BCUT2D eigenvalue weighted by atomic mass is 10.1. The van der Waals surface area contributed by atoms with Crippen LogP contribution in [0, 0.1) is 0 Å². The largest absolute Gasteiger partial charge is 0.495 e. The molecule has 0 saturated heterocycles. The summed E-state index contributed by atoms with van der Waals surface area (Å²) in [6, 6.07) is 15.8.